The van der Waals surface area contributed by atoms with Gasteiger partial charge in [-0.3, -0.25) is 13.9 Å². The second-order valence-corrected chi connectivity index (χ2v) is 12.5. The lowest BCUT2D eigenvalue weighted by Gasteiger charge is -2.33. The van der Waals surface area contributed by atoms with E-state index < -0.39 is 28.5 Å². The summed E-state index contributed by atoms with van der Waals surface area (Å²) in [4.78, 5) is 28.9. The van der Waals surface area contributed by atoms with Crippen LogP contribution in [0.4, 0.5) is 5.69 Å². The number of hydrogen-bond donors (Lipinski definition) is 1. The molecule has 1 N–H and O–H groups in total. The summed E-state index contributed by atoms with van der Waals surface area (Å²) in [5.74, 6) is 0.183. The molecule has 1 unspecified atom stereocenters. The Bertz CT molecular complexity index is 1420. The summed E-state index contributed by atoms with van der Waals surface area (Å²) in [6, 6.07) is 20.3. The minimum Gasteiger partial charge on any atom is -0.497 e. The lowest BCUT2D eigenvalue weighted by molar-refractivity contribution is -0.140. The van der Waals surface area contributed by atoms with Gasteiger partial charge in [0.2, 0.25) is 11.8 Å². The third kappa shape index (κ3) is 8.12. The average molecular weight is 594 g/mol. The number of nitrogens with zero attached hydrogens (tertiary/aromatic N) is 2. The van der Waals surface area contributed by atoms with Gasteiger partial charge in [0.1, 0.15) is 18.3 Å². The fourth-order valence-electron chi connectivity index (χ4n) is 4.60. The number of benzene rings is 3. The van der Waals surface area contributed by atoms with Crippen molar-refractivity contribution in [2.75, 3.05) is 24.5 Å². The quantitative estimate of drug-likeness (QED) is 0.260. The Labute approximate surface area is 250 Å². The summed E-state index contributed by atoms with van der Waals surface area (Å²) in [7, 11) is -2.54. The third-order valence-corrected chi connectivity index (χ3v) is 8.97. The zero-order valence-electron chi connectivity index (χ0n) is 25.5. The Morgan fingerprint density at radius 2 is 1.52 bits per heavy atom. The highest BCUT2D eigenvalue weighted by Gasteiger charge is 2.33. The summed E-state index contributed by atoms with van der Waals surface area (Å²) in [5.41, 5.74) is 3.14. The molecule has 0 aromatic heterocycles. The van der Waals surface area contributed by atoms with Gasteiger partial charge >= 0.3 is 0 Å². The zero-order valence-corrected chi connectivity index (χ0v) is 26.3. The van der Waals surface area contributed by atoms with Crippen molar-refractivity contribution in [1.29, 1.82) is 0 Å². The molecule has 9 heteroatoms. The lowest BCUT2D eigenvalue weighted by atomic mass is 10.0. The Hall–Kier alpha value is -3.85. The number of anilines is 1. The number of hydrogen-bond acceptors (Lipinski definition) is 5. The number of nitrogens with one attached hydrogen (secondary N) is 1. The van der Waals surface area contributed by atoms with Crippen molar-refractivity contribution >= 4 is 27.5 Å². The smallest absolute Gasteiger partial charge is 0.264 e. The second-order valence-electron chi connectivity index (χ2n) is 10.7. The van der Waals surface area contributed by atoms with E-state index in [0.29, 0.717) is 24.4 Å². The van der Waals surface area contributed by atoms with Crippen molar-refractivity contribution in [3.05, 3.63) is 89.5 Å². The van der Waals surface area contributed by atoms with Crippen molar-refractivity contribution in [3.8, 4) is 5.75 Å². The molecule has 1 atom stereocenters. The van der Waals surface area contributed by atoms with Gasteiger partial charge in [-0.15, -0.1) is 0 Å². The first kappa shape index (κ1) is 32.7. The van der Waals surface area contributed by atoms with E-state index in [1.807, 2.05) is 45.0 Å². The maximum absolute atomic E-state index is 14.2. The van der Waals surface area contributed by atoms with Gasteiger partial charge in [-0.05, 0) is 73.2 Å². The van der Waals surface area contributed by atoms with Crippen LogP contribution in [0, 0.1) is 6.92 Å². The maximum Gasteiger partial charge on any atom is 0.264 e. The van der Waals surface area contributed by atoms with E-state index in [-0.39, 0.29) is 23.3 Å². The minimum absolute atomic E-state index is 0.0864. The van der Waals surface area contributed by atoms with Crippen LogP contribution in [0.3, 0.4) is 0 Å². The van der Waals surface area contributed by atoms with E-state index >= 15 is 0 Å². The molecule has 0 aliphatic carbocycles. The summed E-state index contributed by atoms with van der Waals surface area (Å²) < 4.78 is 34.5. The number of ether oxygens (including phenoxy) is 1. The number of rotatable bonds is 14. The highest BCUT2D eigenvalue weighted by atomic mass is 32.2. The Morgan fingerprint density at radius 3 is 2.05 bits per heavy atom. The average Bonchev–Trinajstić information content (AvgIpc) is 2.99. The van der Waals surface area contributed by atoms with Crippen LogP contribution in [-0.2, 0) is 26.2 Å². The van der Waals surface area contributed by atoms with Gasteiger partial charge in [-0.2, -0.15) is 0 Å². The molecule has 0 aliphatic rings. The molecule has 0 saturated heterocycles. The number of amides is 2. The molecule has 0 radical (unpaired) electrons. The van der Waals surface area contributed by atoms with E-state index in [4.69, 9.17) is 4.74 Å². The van der Waals surface area contributed by atoms with Crippen molar-refractivity contribution in [2.24, 2.45) is 0 Å². The van der Waals surface area contributed by atoms with Crippen LogP contribution in [0.2, 0.25) is 0 Å². The van der Waals surface area contributed by atoms with Gasteiger partial charge in [-0.25, -0.2) is 8.42 Å². The molecule has 2 amide bonds. The maximum atomic E-state index is 14.2. The van der Waals surface area contributed by atoms with Crippen molar-refractivity contribution < 1.29 is 22.7 Å². The van der Waals surface area contributed by atoms with Crippen LogP contribution in [-0.4, -0.2) is 51.4 Å². The van der Waals surface area contributed by atoms with Crippen molar-refractivity contribution in [2.45, 2.75) is 70.9 Å². The Balaban J connectivity index is 2.06. The van der Waals surface area contributed by atoms with E-state index in [1.165, 1.54) is 4.90 Å². The topological polar surface area (TPSA) is 96.0 Å². The lowest BCUT2D eigenvalue weighted by Crippen LogP contribution is -2.52. The second kappa shape index (κ2) is 14.9. The van der Waals surface area contributed by atoms with E-state index in [0.717, 1.165) is 27.4 Å². The van der Waals surface area contributed by atoms with Crippen molar-refractivity contribution in [1.82, 2.24) is 10.2 Å². The fraction of sp³-hybridized carbons (Fsp3) is 0.394. The molecule has 8 nitrogen and oxygen atoms in total. The van der Waals surface area contributed by atoms with Gasteiger partial charge in [0.15, 0.2) is 0 Å². The van der Waals surface area contributed by atoms with E-state index in [9.17, 15) is 18.0 Å². The van der Waals surface area contributed by atoms with E-state index in [2.05, 4.69) is 19.2 Å². The highest BCUT2D eigenvalue weighted by molar-refractivity contribution is 7.92. The van der Waals surface area contributed by atoms with Gasteiger partial charge in [0.05, 0.1) is 17.7 Å². The highest BCUT2D eigenvalue weighted by Crippen LogP contribution is 2.27. The molecule has 0 aliphatic heterocycles. The third-order valence-electron chi connectivity index (χ3n) is 7.18. The molecule has 226 valence electrons. The normalized spacial score (nSPS) is 12.1. The number of carbonyl (C=O) groups excluding carboxylic acids is 2. The van der Waals surface area contributed by atoms with Crippen LogP contribution in [0.1, 0.15) is 63.1 Å². The molecular formula is C33H43N3O5S. The molecule has 3 aromatic rings. The number of sulfonamides is 1. The molecule has 42 heavy (non-hydrogen) atoms. The molecule has 0 heterocycles. The van der Waals surface area contributed by atoms with Gasteiger partial charge in [0, 0.05) is 13.1 Å². The van der Waals surface area contributed by atoms with Gasteiger partial charge < -0.3 is 15.0 Å². The molecule has 0 fully saturated rings. The van der Waals surface area contributed by atoms with Crippen LogP contribution in [0.15, 0.2) is 77.7 Å². The zero-order chi connectivity index (χ0) is 30.9. The van der Waals surface area contributed by atoms with Crippen LogP contribution < -0.4 is 14.4 Å². The molecule has 0 bridgehead atoms. The van der Waals surface area contributed by atoms with Crippen molar-refractivity contribution in [3.63, 3.8) is 0 Å². The number of methoxy groups -OCH3 is 1. The largest absolute Gasteiger partial charge is 0.497 e. The SMILES string of the molecule is CCCNC(=O)C(CC)N(Cc1ccc(OC)cc1)C(=O)CN(c1ccc(C(C)C)cc1)S(=O)(=O)c1ccc(C)cc1. The fourth-order valence-corrected chi connectivity index (χ4v) is 6.02. The van der Waals surface area contributed by atoms with Crippen LogP contribution >= 0.6 is 0 Å². The summed E-state index contributed by atoms with van der Waals surface area (Å²) in [6.45, 7) is 9.95. The summed E-state index contributed by atoms with van der Waals surface area (Å²) >= 11 is 0. The standard InChI is InChI=1S/C33H43N3O5S/c1-7-21-34-33(38)31(8-2)35(22-26-11-17-29(41-6)18-12-26)32(37)23-36(28-15-13-27(14-16-28)24(3)4)42(39,40)30-19-9-25(5)10-20-30/h9-20,24,31H,7-8,21-23H2,1-6H3,(H,34,38). The predicted octanol–water partition coefficient (Wildman–Crippen LogP) is 5.66. The molecule has 0 saturated carbocycles. The Morgan fingerprint density at radius 1 is 0.905 bits per heavy atom. The molecule has 3 rings (SSSR count). The first-order valence-corrected chi connectivity index (χ1v) is 15.8. The monoisotopic (exact) mass is 593 g/mol. The molecule has 3 aromatic carbocycles. The number of carbonyl (C=O) groups is 2. The Kier molecular flexibility index (Phi) is 11.6. The van der Waals surface area contributed by atoms with E-state index in [1.54, 1.807) is 55.6 Å². The first-order chi connectivity index (χ1) is 20.0. The van der Waals surface area contributed by atoms with Gasteiger partial charge in [-0.1, -0.05) is 69.7 Å². The summed E-state index contributed by atoms with van der Waals surface area (Å²) in [6.07, 6.45) is 1.12. The van der Waals surface area contributed by atoms with Gasteiger partial charge in [0.25, 0.3) is 10.0 Å². The first-order valence-electron chi connectivity index (χ1n) is 14.4. The minimum atomic E-state index is -4.11. The molecular weight excluding hydrogens is 550 g/mol. The van der Waals surface area contributed by atoms with Crippen LogP contribution in [0.5, 0.6) is 5.75 Å². The summed E-state index contributed by atoms with van der Waals surface area (Å²) in [5, 5.41) is 2.90. The van der Waals surface area contributed by atoms with Crippen LogP contribution in [0.25, 0.3) is 0 Å². The predicted molar refractivity (Wildman–Crippen MR) is 167 cm³/mol. The molecule has 0 spiro atoms. The number of aryl methyl sites for hydroxylation is 1.